The molecule has 0 aromatic rings. The van der Waals surface area contributed by atoms with Gasteiger partial charge >= 0.3 is 93.6 Å². The van der Waals surface area contributed by atoms with Crippen LogP contribution in [0.5, 0.6) is 0 Å². The maximum atomic E-state index is 1.63. The molecule has 0 spiro atoms. The van der Waals surface area contributed by atoms with E-state index < -0.39 is 0 Å². The van der Waals surface area contributed by atoms with Gasteiger partial charge in [-0.15, -0.1) is 0 Å². The monoisotopic (exact) mass is 288 g/mol. The van der Waals surface area contributed by atoms with Crippen molar-refractivity contribution in [2.24, 2.45) is 0 Å². The summed E-state index contributed by atoms with van der Waals surface area (Å²) in [5, 5.41) is 0. The molecule has 0 N–H and O–H groups in total. The van der Waals surface area contributed by atoms with Crippen molar-refractivity contribution in [3.05, 3.63) is 0 Å². The van der Waals surface area contributed by atoms with Gasteiger partial charge in [0.2, 0.25) is 0 Å². The van der Waals surface area contributed by atoms with Crippen LogP contribution in [0.3, 0.4) is 0 Å². The summed E-state index contributed by atoms with van der Waals surface area (Å²) in [6, 6.07) is 0. The van der Waals surface area contributed by atoms with E-state index in [0.717, 1.165) is 0 Å². The van der Waals surface area contributed by atoms with Gasteiger partial charge in [0, 0.05) is 0 Å². The van der Waals surface area contributed by atoms with E-state index in [0.29, 0.717) is 0 Å². The van der Waals surface area contributed by atoms with E-state index in [1.54, 1.807) is 64.2 Å². The van der Waals surface area contributed by atoms with Gasteiger partial charge in [0.25, 0.3) is 0 Å². The summed E-state index contributed by atoms with van der Waals surface area (Å²) in [7, 11) is 0. The molecular weight excluding hydrogens is 266 g/mol. The molecule has 0 aromatic heterocycles. The summed E-state index contributed by atoms with van der Waals surface area (Å²) < 4.78 is 2.58. The topological polar surface area (TPSA) is 0 Å². The summed E-state index contributed by atoms with van der Waals surface area (Å²) in [4.78, 5) is 0. The van der Waals surface area contributed by atoms with Crippen molar-refractivity contribution >= 4 is 21.6 Å². The van der Waals surface area contributed by atoms with Crippen molar-refractivity contribution in [1.29, 1.82) is 0 Å². The SMILES string of the molecule is C1CC[CH]([SbH][CH]2CCCCC2)CC1. The van der Waals surface area contributed by atoms with E-state index in [1.807, 2.05) is 0 Å². The first kappa shape index (κ1) is 10.3. The molecule has 0 atom stereocenters. The molecule has 13 heavy (non-hydrogen) atoms. The average Bonchev–Trinajstić information content (AvgIpc) is 2.21. The Morgan fingerprint density at radius 3 is 1.31 bits per heavy atom. The molecule has 1 heteroatoms. The van der Waals surface area contributed by atoms with Gasteiger partial charge < -0.3 is 0 Å². The van der Waals surface area contributed by atoms with Crippen LogP contribution in [-0.4, -0.2) is 21.6 Å². The van der Waals surface area contributed by atoms with Crippen LogP contribution in [0.2, 0.25) is 7.73 Å². The first-order valence-electron chi connectivity index (χ1n) is 6.21. The first-order valence-corrected chi connectivity index (χ1v) is 9.51. The number of hydrogen-bond donors (Lipinski definition) is 0. The normalized spacial score (nSPS) is 27.7. The predicted octanol–water partition coefficient (Wildman–Crippen LogP) is 3.93. The third-order valence-corrected chi connectivity index (χ3v) is 9.67. The molecular formula is C12H23Sb. The van der Waals surface area contributed by atoms with Gasteiger partial charge in [-0.3, -0.25) is 0 Å². The molecule has 2 saturated carbocycles. The fourth-order valence-electron chi connectivity index (χ4n) is 2.87. The zero-order valence-electron chi connectivity index (χ0n) is 8.73. The summed E-state index contributed by atoms with van der Waals surface area (Å²) >= 11 is 0.0367. The minimum absolute atomic E-state index is 0.0367. The van der Waals surface area contributed by atoms with Crippen molar-refractivity contribution in [3.8, 4) is 0 Å². The molecule has 0 unspecified atom stereocenters. The fourth-order valence-corrected chi connectivity index (χ4v) is 9.01. The van der Waals surface area contributed by atoms with E-state index in [9.17, 15) is 0 Å². The van der Waals surface area contributed by atoms with Crippen LogP contribution in [0.25, 0.3) is 0 Å². The molecule has 0 amide bonds. The molecule has 0 aromatic carbocycles. The average molecular weight is 289 g/mol. The van der Waals surface area contributed by atoms with Crippen LogP contribution in [0.15, 0.2) is 0 Å². The van der Waals surface area contributed by atoms with E-state index in [1.165, 1.54) is 7.73 Å². The molecule has 0 heterocycles. The van der Waals surface area contributed by atoms with Gasteiger partial charge in [0.15, 0.2) is 0 Å². The fraction of sp³-hybridized carbons (Fsp3) is 1.00. The van der Waals surface area contributed by atoms with Crippen LogP contribution < -0.4 is 0 Å². The Bertz CT molecular complexity index is 116. The number of hydrogen-bond acceptors (Lipinski definition) is 0. The van der Waals surface area contributed by atoms with Crippen molar-refractivity contribution in [3.63, 3.8) is 0 Å². The van der Waals surface area contributed by atoms with E-state index in [-0.39, 0.29) is 21.6 Å². The Kier molecular flexibility index (Phi) is 4.49. The first-order chi connectivity index (χ1) is 6.45. The Hall–Kier alpha value is 0.818. The van der Waals surface area contributed by atoms with Gasteiger partial charge in [-0.05, 0) is 0 Å². The van der Waals surface area contributed by atoms with Crippen LogP contribution in [0.1, 0.15) is 64.2 Å². The standard InChI is InChI=1S/2C6H11.Sb.H/c2*1-2-4-6-5-3-1;;/h2*1H,2-6H2;;. The molecule has 76 valence electrons. The van der Waals surface area contributed by atoms with E-state index in [4.69, 9.17) is 0 Å². The van der Waals surface area contributed by atoms with Crippen LogP contribution in [0, 0.1) is 0 Å². The van der Waals surface area contributed by atoms with E-state index >= 15 is 0 Å². The third kappa shape index (κ3) is 3.46. The second-order valence-corrected chi connectivity index (χ2v) is 10.4. The van der Waals surface area contributed by atoms with Crippen molar-refractivity contribution in [1.82, 2.24) is 0 Å². The summed E-state index contributed by atoms with van der Waals surface area (Å²) in [5.74, 6) is 0. The predicted molar refractivity (Wildman–Crippen MR) is 60.8 cm³/mol. The Balaban J connectivity index is 1.69. The van der Waals surface area contributed by atoms with Gasteiger partial charge in [-0.2, -0.15) is 0 Å². The number of rotatable bonds is 2. The van der Waals surface area contributed by atoms with Crippen molar-refractivity contribution in [2.75, 3.05) is 0 Å². The second kappa shape index (κ2) is 5.64. The van der Waals surface area contributed by atoms with Crippen molar-refractivity contribution in [2.45, 2.75) is 71.9 Å². The van der Waals surface area contributed by atoms with Crippen LogP contribution in [0.4, 0.5) is 0 Å². The van der Waals surface area contributed by atoms with Gasteiger partial charge in [-0.1, -0.05) is 0 Å². The van der Waals surface area contributed by atoms with Crippen molar-refractivity contribution < 1.29 is 0 Å². The minimum atomic E-state index is 0.0367. The molecule has 2 fully saturated rings. The van der Waals surface area contributed by atoms with Gasteiger partial charge in [0.1, 0.15) is 0 Å². The van der Waals surface area contributed by atoms with Crippen LogP contribution in [-0.2, 0) is 0 Å². The molecule has 0 nitrogen and oxygen atoms in total. The molecule has 0 radical (unpaired) electrons. The molecule has 2 aliphatic rings. The third-order valence-electron chi connectivity index (χ3n) is 3.68. The zero-order chi connectivity index (χ0) is 8.93. The van der Waals surface area contributed by atoms with Crippen LogP contribution >= 0.6 is 0 Å². The quantitative estimate of drug-likeness (QED) is 0.676. The molecule has 2 aliphatic carbocycles. The maximum absolute atomic E-state index is 1.63. The Morgan fingerprint density at radius 1 is 0.538 bits per heavy atom. The molecule has 2 rings (SSSR count). The van der Waals surface area contributed by atoms with Gasteiger partial charge in [-0.25, -0.2) is 0 Å². The zero-order valence-corrected chi connectivity index (χ0v) is 11.6. The Morgan fingerprint density at radius 2 is 0.923 bits per heavy atom. The molecule has 0 bridgehead atoms. The summed E-state index contributed by atoms with van der Waals surface area (Å²) in [6.45, 7) is 0. The molecule has 0 aliphatic heterocycles. The Labute approximate surface area is 93.4 Å². The van der Waals surface area contributed by atoms with Gasteiger partial charge in [0.05, 0.1) is 0 Å². The summed E-state index contributed by atoms with van der Waals surface area (Å²) in [5.41, 5.74) is 0. The summed E-state index contributed by atoms with van der Waals surface area (Å²) in [6.07, 6.45) is 15.9. The molecule has 0 saturated heterocycles. The van der Waals surface area contributed by atoms with E-state index in [2.05, 4.69) is 0 Å². The second-order valence-electron chi connectivity index (χ2n) is 4.84.